The summed E-state index contributed by atoms with van der Waals surface area (Å²) >= 11 is 0. The van der Waals surface area contributed by atoms with E-state index in [2.05, 4.69) is 5.32 Å². The highest BCUT2D eigenvalue weighted by Crippen LogP contribution is 2.37. The smallest absolute Gasteiger partial charge is 0.407 e. The van der Waals surface area contributed by atoms with Gasteiger partial charge in [0.15, 0.2) is 0 Å². The van der Waals surface area contributed by atoms with E-state index >= 15 is 0 Å². The van der Waals surface area contributed by atoms with E-state index in [1.54, 1.807) is 6.07 Å². The number of aromatic hydroxyl groups is 1. The van der Waals surface area contributed by atoms with Crippen molar-refractivity contribution in [1.82, 2.24) is 5.32 Å². The van der Waals surface area contributed by atoms with E-state index in [-0.39, 0.29) is 23.3 Å². The Morgan fingerprint density at radius 2 is 2.18 bits per heavy atom. The molecule has 4 heteroatoms. The van der Waals surface area contributed by atoms with Gasteiger partial charge in [0.25, 0.3) is 0 Å². The molecule has 1 amide bonds. The number of aryl methyl sites for hydroxylation is 1. The molecule has 1 heterocycles. The summed E-state index contributed by atoms with van der Waals surface area (Å²) in [5, 5.41) is 12.3. The van der Waals surface area contributed by atoms with Gasteiger partial charge in [-0.05, 0) is 24.1 Å². The number of cyclic esters (lactones) is 1. The van der Waals surface area contributed by atoms with Gasteiger partial charge in [-0.15, -0.1) is 0 Å². The van der Waals surface area contributed by atoms with Crippen molar-refractivity contribution in [3.63, 3.8) is 0 Å². The summed E-state index contributed by atoms with van der Waals surface area (Å²) in [5.41, 5.74) is 1.62. The summed E-state index contributed by atoms with van der Waals surface area (Å²) < 4.78 is 5.00. The fourth-order valence-electron chi connectivity index (χ4n) is 2.08. The van der Waals surface area contributed by atoms with Crippen LogP contribution in [0.25, 0.3) is 0 Å². The number of carbonyl (C=O) groups excluding carboxylic acids is 1. The highest BCUT2D eigenvalue weighted by Gasteiger charge is 2.37. The fourth-order valence-corrected chi connectivity index (χ4v) is 2.08. The number of alkyl carbamates (subject to hydrolysis) is 1. The van der Waals surface area contributed by atoms with E-state index in [4.69, 9.17) is 4.74 Å². The molecule has 1 aliphatic rings. The molecule has 1 aromatic carbocycles. The molecule has 0 saturated carbocycles. The van der Waals surface area contributed by atoms with Crippen LogP contribution in [0.3, 0.4) is 0 Å². The zero-order chi connectivity index (χ0) is 12.6. The monoisotopic (exact) mass is 235 g/mol. The molecule has 1 saturated heterocycles. The molecular weight excluding hydrogens is 218 g/mol. The summed E-state index contributed by atoms with van der Waals surface area (Å²) in [7, 11) is 0. The zero-order valence-electron chi connectivity index (χ0n) is 10.3. The molecule has 2 N–H and O–H groups in total. The van der Waals surface area contributed by atoms with Gasteiger partial charge < -0.3 is 15.2 Å². The van der Waals surface area contributed by atoms with Crippen molar-refractivity contribution in [3.8, 4) is 5.75 Å². The van der Waals surface area contributed by atoms with Crippen molar-refractivity contribution in [3.05, 3.63) is 29.3 Å². The molecule has 0 aliphatic carbocycles. The first-order valence-electron chi connectivity index (χ1n) is 5.63. The van der Waals surface area contributed by atoms with Crippen LogP contribution in [0.2, 0.25) is 0 Å². The van der Waals surface area contributed by atoms with Gasteiger partial charge in [0, 0.05) is 5.41 Å². The van der Waals surface area contributed by atoms with Crippen molar-refractivity contribution in [1.29, 1.82) is 0 Å². The van der Waals surface area contributed by atoms with Gasteiger partial charge in [0.2, 0.25) is 0 Å². The van der Waals surface area contributed by atoms with E-state index in [0.717, 1.165) is 11.1 Å². The standard InChI is InChI=1S/C13H17NO3/c1-8-6-9(4-5-10(8)15)11-13(2,3)7-17-12(16)14-11/h4-6,11,15H,7H2,1-3H3,(H,14,16)/t11-/m1/s1. The van der Waals surface area contributed by atoms with E-state index in [1.165, 1.54) is 0 Å². The Morgan fingerprint density at radius 1 is 1.47 bits per heavy atom. The number of phenols is 1. The molecular formula is C13H17NO3. The Kier molecular flexibility index (Phi) is 2.73. The van der Waals surface area contributed by atoms with Crippen LogP contribution < -0.4 is 5.32 Å². The number of amides is 1. The molecule has 0 unspecified atom stereocenters. The van der Waals surface area contributed by atoms with Crippen LogP contribution in [0, 0.1) is 12.3 Å². The third kappa shape index (κ3) is 2.20. The SMILES string of the molecule is Cc1cc([C@H]2NC(=O)OCC2(C)C)ccc1O. The highest BCUT2D eigenvalue weighted by atomic mass is 16.6. The third-order valence-electron chi connectivity index (χ3n) is 3.17. The average molecular weight is 235 g/mol. The first kappa shape index (κ1) is 11.8. The molecule has 1 atom stereocenters. The highest BCUT2D eigenvalue weighted by molar-refractivity contribution is 5.69. The molecule has 4 nitrogen and oxygen atoms in total. The van der Waals surface area contributed by atoms with Crippen LogP contribution in [0.5, 0.6) is 5.75 Å². The molecule has 1 fully saturated rings. The first-order valence-corrected chi connectivity index (χ1v) is 5.63. The Morgan fingerprint density at radius 3 is 2.82 bits per heavy atom. The Labute approximate surface area is 101 Å². The molecule has 1 aliphatic heterocycles. The minimum Gasteiger partial charge on any atom is -0.508 e. The lowest BCUT2D eigenvalue weighted by Crippen LogP contribution is -2.46. The second-order valence-corrected chi connectivity index (χ2v) is 5.19. The summed E-state index contributed by atoms with van der Waals surface area (Å²) in [4.78, 5) is 11.3. The van der Waals surface area contributed by atoms with E-state index in [0.29, 0.717) is 6.61 Å². The van der Waals surface area contributed by atoms with Gasteiger partial charge in [0.1, 0.15) is 12.4 Å². The van der Waals surface area contributed by atoms with Crippen LogP contribution in [-0.2, 0) is 4.74 Å². The minimum absolute atomic E-state index is 0.0944. The quantitative estimate of drug-likeness (QED) is 0.786. The number of ether oxygens (including phenoxy) is 1. The topological polar surface area (TPSA) is 58.6 Å². The van der Waals surface area contributed by atoms with E-state index in [9.17, 15) is 9.90 Å². The maximum absolute atomic E-state index is 11.3. The molecule has 0 aromatic heterocycles. The van der Waals surface area contributed by atoms with Crippen LogP contribution in [0.4, 0.5) is 4.79 Å². The number of hydrogen-bond acceptors (Lipinski definition) is 3. The van der Waals surface area contributed by atoms with Gasteiger partial charge in [-0.2, -0.15) is 0 Å². The summed E-state index contributed by atoms with van der Waals surface area (Å²) in [6.07, 6.45) is -0.389. The summed E-state index contributed by atoms with van der Waals surface area (Å²) in [6, 6.07) is 5.29. The Hall–Kier alpha value is -1.71. The number of hydrogen-bond donors (Lipinski definition) is 2. The molecule has 17 heavy (non-hydrogen) atoms. The molecule has 92 valence electrons. The van der Waals surface area contributed by atoms with Gasteiger partial charge >= 0.3 is 6.09 Å². The predicted molar refractivity (Wildman–Crippen MR) is 63.8 cm³/mol. The number of phenolic OH excluding ortho intramolecular Hbond substituents is 1. The number of nitrogens with one attached hydrogen (secondary N) is 1. The van der Waals surface area contributed by atoms with Gasteiger partial charge in [-0.1, -0.05) is 26.0 Å². The predicted octanol–water partition coefficient (Wildman–Crippen LogP) is 2.51. The molecule has 0 radical (unpaired) electrons. The number of carbonyl (C=O) groups is 1. The van der Waals surface area contributed by atoms with Crippen molar-refractivity contribution < 1.29 is 14.6 Å². The van der Waals surface area contributed by atoms with Crippen molar-refractivity contribution in [2.75, 3.05) is 6.61 Å². The van der Waals surface area contributed by atoms with Crippen LogP contribution in [0.1, 0.15) is 31.0 Å². The fraction of sp³-hybridized carbons (Fsp3) is 0.462. The van der Waals surface area contributed by atoms with Gasteiger partial charge in [0.05, 0.1) is 6.04 Å². The average Bonchev–Trinajstić information content (AvgIpc) is 2.26. The lowest BCUT2D eigenvalue weighted by Gasteiger charge is -2.38. The summed E-state index contributed by atoms with van der Waals surface area (Å²) in [6.45, 7) is 6.31. The number of rotatable bonds is 1. The molecule has 1 aromatic rings. The van der Waals surface area contributed by atoms with Crippen LogP contribution >= 0.6 is 0 Å². The Balaban J connectivity index is 2.36. The lowest BCUT2D eigenvalue weighted by molar-refractivity contribution is 0.0387. The normalized spacial score (nSPS) is 22.8. The summed E-state index contributed by atoms with van der Waals surface area (Å²) in [5.74, 6) is 0.268. The van der Waals surface area contributed by atoms with E-state index < -0.39 is 0 Å². The molecule has 0 spiro atoms. The lowest BCUT2D eigenvalue weighted by atomic mass is 9.80. The Bertz CT molecular complexity index is 454. The van der Waals surface area contributed by atoms with E-state index in [1.807, 2.05) is 32.9 Å². The van der Waals surface area contributed by atoms with Gasteiger partial charge in [-0.3, -0.25) is 0 Å². The maximum Gasteiger partial charge on any atom is 0.407 e. The minimum atomic E-state index is -0.389. The third-order valence-corrected chi connectivity index (χ3v) is 3.17. The second-order valence-electron chi connectivity index (χ2n) is 5.19. The van der Waals surface area contributed by atoms with Crippen molar-refractivity contribution in [2.24, 2.45) is 5.41 Å². The zero-order valence-corrected chi connectivity index (χ0v) is 10.3. The molecule has 0 bridgehead atoms. The van der Waals surface area contributed by atoms with Crippen LogP contribution in [0.15, 0.2) is 18.2 Å². The number of benzene rings is 1. The molecule has 2 rings (SSSR count). The second kappa shape index (κ2) is 3.95. The largest absolute Gasteiger partial charge is 0.508 e. The maximum atomic E-state index is 11.3. The van der Waals surface area contributed by atoms with Gasteiger partial charge in [-0.25, -0.2) is 4.79 Å². The first-order chi connectivity index (χ1) is 7.90. The van der Waals surface area contributed by atoms with Crippen molar-refractivity contribution >= 4 is 6.09 Å². The van der Waals surface area contributed by atoms with Crippen molar-refractivity contribution in [2.45, 2.75) is 26.8 Å². The van der Waals surface area contributed by atoms with Crippen LogP contribution in [-0.4, -0.2) is 17.8 Å².